The number of nitrogens with one attached hydrogen (secondary N) is 1. The lowest BCUT2D eigenvalue weighted by Gasteiger charge is -2.39. The van der Waals surface area contributed by atoms with Gasteiger partial charge in [-0.3, -0.25) is 10.1 Å². The highest BCUT2D eigenvalue weighted by atomic mass is 79.9. The number of benzene rings is 1. The molecule has 114 valence electrons. The van der Waals surface area contributed by atoms with Gasteiger partial charge in [0.25, 0.3) is 5.69 Å². The highest BCUT2D eigenvalue weighted by Gasteiger charge is 2.36. The van der Waals surface area contributed by atoms with Gasteiger partial charge < -0.3 is 10.2 Å². The summed E-state index contributed by atoms with van der Waals surface area (Å²) in [5.74, 6) is 0. The fourth-order valence-electron chi connectivity index (χ4n) is 3.75. The van der Waals surface area contributed by atoms with Crippen LogP contribution in [-0.2, 0) is 0 Å². The lowest BCUT2D eigenvalue weighted by Crippen LogP contribution is -2.48. The molecule has 3 rings (SSSR count). The molecule has 0 aromatic heterocycles. The Balaban J connectivity index is 1.84. The van der Waals surface area contributed by atoms with E-state index >= 15 is 0 Å². The third kappa shape index (κ3) is 2.92. The molecule has 2 saturated heterocycles. The molecule has 2 aliphatic heterocycles. The molecule has 1 aromatic rings. The van der Waals surface area contributed by atoms with Crippen LogP contribution < -0.4 is 10.2 Å². The summed E-state index contributed by atoms with van der Waals surface area (Å²) in [6.45, 7) is 3.07. The van der Waals surface area contributed by atoms with Crippen LogP contribution in [0.1, 0.15) is 32.6 Å². The molecule has 1 aromatic carbocycles. The average molecular weight is 354 g/mol. The highest BCUT2D eigenvalue weighted by molar-refractivity contribution is 9.10. The fraction of sp³-hybridized carbons (Fsp3) is 0.600. The van der Waals surface area contributed by atoms with Crippen LogP contribution in [0.2, 0.25) is 0 Å². The van der Waals surface area contributed by atoms with Crippen LogP contribution in [0, 0.1) is 10.1 Å². The van der Waals surface area contributed by atoms with Crippen molar-refractivity contribution in [1.82, 2.24) is 5.32 Å². The molecule has 0 aliphatic carbocycles. The van der Waals surface area contributed by atoms with E-state index in [9.17, 15) is 10.1 Å². The fourth-order valence-corrected chi connectivity index (χ4v) is 4.34. The first kappa shape index (κ1) is 14.8. The van der Waals surface area contributed by atoms with Gasteiger partial charge in [-0.25, -0.2) is 0 Å². The molecule has 0 amide bonds. The minimum absolute atomic E-state index is 0.132. The van der Waals surface area contributed by atoms with Crippen molar-refractivity contribution in [2.45, 2.75) is 50.7 Å². The number of non-ortho nitro benzene ring substituents is 1. The number of nitro benzene ring substituents is 1. The van der Waals surface area contributed by atoms with Crippen LogP contribution >= 0.6 is 15.9 Å². The number of hydrogen-bond donors (Lipinski definition) is 1. The molecule has 2 heterocycles. The number of halogens is 1. The molecule has 0 radical (unpaired) electrons. The minimum Gasteiger partial charge on any atom is -0.368 e. The Morgan fingerprint density at radius 3 is 2.57 bits per heavy atom. The van der Waals surface area contributed by atoms with Gasteiger partial charge >= 0.3 is 0 Å². The van der Waals surface area contributed by atoms with E-state index < -0.39 is 0 Å². The van der Waals surface area contributed by atoms with E-state index in [1.807, 2.05) is 6.07 Å². The van der Waals surface area contributed by atoms with Gasteiger partial charge in [-0.1, -0.05) is 0 Å². The summed E-state index contributed by atoms with van der Waals surface area (Å²) in [5, 5.41) is 14.5. The van der Waals surface area contributed by atoms with E-state index in [1.54, 1.807) is 12.1 Å². The number of fused-ring (bicyclic) bond motifs is 2. The third-order valence-electron chi connectivity index (χ3n) is 4.68. The number of nitrogens with zero attached hydrogens (tertiary/aromatic N) is 2. The standard InChI is InChI=1S/C15H20BrN3O2/c1-2-18(13-7-10-3-4-11(8-13)17-10)15-6-5-12(19(20)21)9-14(15)16/h5-6,9-11,13,17H,2-4,7-8H2,1H3. The molecular weight excluding hydrogens is 334 g/mol. The van der Waals surface area contributed by atoms with Crippen molar-refractivity contribution in [2.24, 2.45) is 0 Å². The Hall–Kier alpha value is -1.14. The molecule has 1 N–H and O–H groups in total. The van der Waals surface area contributed by atoms with Crippen molar-refractivity contribution in [3.05, 3.63) is 32.8 Å². The number of hydrogen-bond acceptors (Lipinski definition) is 4. The average Bonchev–Trinajstić information content (AvgIpc) is 2.80. The van der Waals surface area contributed by atoms with Crippen LogP contribution in [-0.4, -0.2) is 29.6 Å². The van der Waals surface area contributed by atoms with E-state index in [4.69, 9.17) is 0 Å². The smallest absolute Gasteiger partial charge is 0.270 e. The van der Waals surface area contributed by atoms with Gasteiger partial charge in [0.2, 0.25) is 0 Å². The predicted octanol–water partition coefficient (Wildman–Crippen LogP) is 3.47. The Morgan fingerprint density at radius 2 is 2.05 bits per heavy atom. The second kappa shape index (κ2) is 5.93. The molecular formula is C15H20BrN3O2. The van der Waals surface area contributed by atoms with E-state index in [1.165, 1.54) is 12.8 Å². The van der Waals surface area contributed by atoms with Crippen molar-refractivity contribution >= 4 is 27.3 Å². The molecule has 21 heavy (non-hydrogen) atoms. The Kier molecular flexibility index (Phi) is 4.17. The molecule has 2 bridgehead atoms. The molecule has 2 atom stereocenters. The van der Waals surface area contributed by atoms with E-state index in [0.717, 1.165) is 29.5 Å². The van der Waals surface area contributed by atoms with Crippen molar-refractivity contribution in [3.63, 3.8) is 0 Å². The number of piperidine rings is 1. The topological polar surface area (TPSA) is 58.4 Å². The SMILES string of the molecule is CCN(c1ccc([N+](=O)[O-])cc1Br)C1CC2CCC(C1)N2. The lowest BCUT2D eigenvalue weighted by molar-refractivity contribution is -0.384. The van der Waals surface area contributed by atoms with Crippen LogP contribution in [0.3, 0.4) is 0 Å². The molecule has 2 unspecified atom stereocenters. The summed E-state index contributed by atoms with van der Waals surface area (Å²) in [4.78, 5) is 12.9. The number of rotatable bonds is 4. The maximum absolute atomic E-state index is 10.9. The summed E-state index contributed by atoms with van der Waals surface area (Å²) in [6, 6.07) is 6.87. The monoisotopic (exact) mass is 353 g/mol. The zero-order chi connectivity index (χ0) is 15.0. The second-order valence-corrected chi connectivity index (χ2v) is 6.80. The highest BCUT2D eigenvalue weighted by Crippen LogP contribution is 2.36. The van der Waals surface area contributed by atoms with Crippen molar-refractivity contribution in [2.75, 3.05) is 11.4 Å². The Bertz CT molecular complexity index is 540. The molecule has 6 heteroatoms. The maximum atomic E-state index is 10.9. The van der Waals surface area contributed by atoms with Crippen LogP contribution in [0.5, 0.6) is 0 Å². The first-order chi connectivity index (χ1) is 10.1. The predicted molar refractivity (Wildman–Crippen MR) is 86.8 cm³/mol. The summed E-state index contributed by atoms with van der Waals surface area (Å²) < 4.78 is 0.810. The summed E-state index contributed by atoms with van der Waals surface area (Å²) >= 11 is 3.51. The van der Waals surface area contributed by atoms with Crippen LogP contribution in [0.25, 0.3) is 0 Å². The van der Waals surface area contributed by atoms with Gasteiger partial charge in [0.1, 0.15) is 0 Å². The number of anilines is 1. The molecule has 2 fully saturated rings. The van der Waals surface area contributed by atoms with Crippen molar-refractivity contribution in [1.29, 1.82) is 0 Å². The van der Waals surface area contributed by atoms with Crippen LogP contribution in [0.4, 0.5) is 11.4 Å². The summed E-state index contributed by atoms with van der Waals surface area (Å²) in [5.41, 5.74) is 1.20. The molecule has 5 nitrogen and oxygen atoms in total. The van der Waals surface area contributed by atoms with Gasteiger partial charge in [0.05, 0.1) is 10.6 Å². The Labute approximate surface area is 133 Å². The zero-order valence-electron chi connectivity index (χ0n) is 12.1. The normalized spacial score (nSPS) is 27.6. The Morgan fingerprint density at radius 1 is 1.38 bits per heavy atom. The molecule has 0 saturated carbocycles. The van der Waals surface area contributed by atoms with Crippen molar-refractivity contribution in [3.8, 4) is 0 Å². The number of nitro groups is 1. The summed E-state index contributed by atoms with van der Waals surface area (Å²) in [6.07, 6.45) is 4.88. The lowest BCUT2D eigenvalue weighted by atomic mass is 9.97. The summed E-state index contributed by atoms with van der Waals surface area (Å²) in [7, 11) is 0. The van der Waals surface area contributed by atoms with Crippen LogP contribution in [0.15, 0.2) is 22.7 Å². The maximum Gasteiger partial charge on any atom is 0.270 e. The third-order valence-corrected chi connectivity index (χ3v) is 5.32. The first-order valence-electron chi connectivity index (χ1n) is 7.55. The molecule has 2 aliphatic rings. The van der Waals surface area contributed by atoms with E-state index in [0.29, 0.717) is 18.1 Å². The van der Waals surface area contributed by atoms with Gasteiger partial charge in [-0.05, 0) is 54.6 Å². The van der Waals surface area contributed by atoms with E-state index in [-0.39, 0.29) is 10.6 Å². The van der Waals surface area contributed by atoms with Gasteiger partial charge in [0, 0.05) is 41.3 Å². The second-order valence-electron chi connectivity index (χ2n) is 5.94. The quantitative estimate of drug-likeness (QED) is 0.665. The van der Waals surface area contributed by atoms with Gasteiger partial charge in [-0.2, -0.15) is 0 Å². The molecule has 0 spiro atoms. The van der Waals surface area contributed by atoms with Crippen molar-refractivity contribution < 1.29 is 4.92 Å². The minimum atomic E-state index is -0.352. The van der Waals surface area contributed by atoms with Gasteiger partial charge in [-0.15, -0.1) is 0 Å². The largest absolute Gasteiger partial charge is 0.368 e. The van der Waals surface area contributed by atoms with E-state index in [2.05, 4.69) is 33.1 Å². The van der Waals surface area contributed by atoms with Gasteiger partial charge in [0.15, 0.2) is 0 Å². The zero-order valence-corrected chi connectivity index (χ0v) is 13.7. The first-order valence-corrected chi connectivity index (χ1v) is 8.34.